The Balaban J connectivity index is 1.64. The van der Waals surface area contributed by atoms with Crippen LogP contribution in [0, 0.1) is 28.7 Å². The zero-order chi connectivity index (χ0) is 30.8. The molecule has 0 aliphatic heterocycles. The lowest BCUT2D eigenvalue weighted by atomic mass is 9.50. The van der Waals surface area contributed by atoms with Crippen LogP contribution in [0.3, 0.4) is 0 Å². The van der Waals surface area contributed by atoms with Gasteiger partial charge in [-0.15, -0.1) is 5.54 Å². The fourth-order valence-corrected chi connectivity index (χ4v) is 15.2. The quantitative estimate of drug-likeness (QED) is 0.264. The number of hydrogen-bond donors (Lipinski definition) is 2. The summed E-state index contributed by atoms with van der Waals surface area (Å²) in [4.78, 5) is 12.3. The predicted molar refractivity (Wildman–Crippen MR) is 167 cm³/mol. The number of carbonyl (C=O) groups is 1. The van der Waals surface area contributed by atoms with Crippen LogP contribution >= 0.6 is 0 Å². The van der Waals surface area contributed by atoms with Gasteiger partial charge < -0.3 is 10.2 Å². The number of phenols is 1. The van der Waals surface area contributed by atoms with Crippen molar-refractivity contribution in [2.24, 2.45) is 17.3 Å². The van der Waals surface area contributed by atoms with Crippen molar-refractivity contribution in [2.75, 3.05) is 0 Å². The van der Waals surface area contributed by atoms with Gasteiger partial charge in [0.25, 0.3) is 0 Å². The minimum Gasteiger partial charge on any atom is -0.508 e. The van der Waals surface area contributed by atoms with Crippen molar-refractivity contribution in [3.8, 4) is 17.2 Å². The minimum atomic E-state index is -3.56. The highest BCUT2D eigenvalue weighted by molar-refractivity contribution is 6.90. The molecule has 4 aliphatic carbocycles. The highest BCUT2D eigenvalue weighted by Crippen LogP contribution is 2.69. The molecular formula is C36H48F2O3Si. The maximum absolute atomic E-state index is 16.7. The molecular weight excluding hydrogens is 546 g/mol. The second-order valence-electron chi connectivity index (χ2n) is 14.7. The highest BCUT2D eigenvalue weighted by atomic mass is 28.3. The molecule has 2 saturated carbocycles. The monoisotopic (exact) mass is 594 g/mol. The Morgan fingerprint density at radius 3 is 2.31 bits per heavy atom. The number of halogens is 2. The van der Waals surface area contributed by atoms with Gasteiger partial charge in [0.1, 0.15) is 19.4 Å². The predicted octanol–water partition coefficient (Wildman–Crippen LogP) is 8.88. The van der Waals surface area contributed by atoms with Crippen LogP contribution < -0.4 is 0 Å². The van der Waals surface area contributed by atoms with Gasteiger partial charge in [0.2, 0.25) is 0 Å². The topological polar surface area (TPSA) is 57.5 Å². The number of alkyl halides is 2. The fourth-order valence-electron chi connectivity index (χ4n) is 9.94. The third-order valence-corrected chi connectivity index (χ3v) is 18.3. The molecule has 4 aliphatic rings. The number of aliphatic hydroxyl groups is 1. The molecule has 228 valence electrons. The van der Waals surface area contributed by atoms with Gasteiger partial charge in [-0.3, -0.25) is 4.79 Å². The number of hydrogen-bond acceptors (Lipinski definition) is 3. The molecule has 5 atom stereocenters. The maximum Gasteiger partial charge on any atom is 0.336 e. The van der Waals surface area contributed by atoms with E-state index in [1.165, 1.54) is 11.1 Å². The summed E-state index contributed by atoms with van der Waals surface area (Å²) >= 11 is 0. The Bertz CT molecular complexity index is 1360. The van der Waals surface area contributed by atoms with Gasteiger partial charge in [0.05, 0.1) is 0 Å². The molecule has 2 N–H and O–H groups in total. The van der Waals surface area contributed by atoms with E-state index < -0.39 is 25.0 Å². The van der Waals surface area contributed by atoms with Crippen molar-refractivity contribution < 1.29 is 23.8 Å². The van der Waals surface area contributed by atoms with Crippen LogP contribution in [0.1, 0.15) is 105 Å². The molecule has 0 radical (unpaired) electrons. The minimum absolute atomic E-state index is 0.0164. The van der Waals surface area contributed by atoms with E-state index in [0.717, 1.165) is 24.0 Å². The van der Waals surface area contributed by atoms with E-state index in [-0.39, 0.29) is 52.3 Å². The number of rotatable bonds is 5. The Labute approximate surface area is 251 Å². The molecule has 0 spiro atoms. The molecule has 1 aromatic carbocycles. The van der Waals surface area contributed by atoms with Crippen LogP contribution in [0.4, 0.5) is 8.78 Å². The van der Waals surface area contributed by atoms with Gasteiger partial charge in [-0.1, -0.05) is 66.2 Å². The van der Waals surface area contributed by atoms with E-state index in [4.69, 9.17) is 0 Å². The zero-order valence-electron chi connectivity index (χ0n) is 26.4. The second kappa shape index (κ2) is 10.7. The van der Waals surface area contributed by atoms with Gasteiger partial charge >= 0.3 is 5.92 Å². The van der Waals surface area contributed by atoms with E-state index >= 15 is 8.78 Å². The number of carbonyl (C=O) groups excluding carboxylic acids is 1. The lowest BCUT2D eigenvalue weighted by Crippen LogP contribution is -2.60. The second-order valence-corrected chi connectivity index (χ2v) is 20.3. The Morgan fingerprint density at radius 2 is 1.69 bits per heavy atom. The number of benzene rings is 1. The van der Waals surface area contributed by atoms with Crippen molar-refractivity contribution in [1.29, 1.82) is 0 Å². The molecule has 0 saturated heterocycles. The van der Waals surface area contributed by atoms with Crippen LogP contribution in [0.15, 0.2) is 47.1 Å². The van der Waals surface area contributed by atoms with E-state index in [1.807, 2.05) is 13.0 Å². The summed E-state index contributed by atoms with van der Waals surface area (Å²) in [6.45, 7) is 14.6. The average molecular weight is 595 g/mol. The van der Waals surface area contributed by atoms with E-state index in [1.54, 1.807) is 24.3 Å². The number of phenolic OH excluding ortho intramolecular Hbond substituents is 1. The van der Waals surface area contributed by atoms with Gasteiger partial charge in [-0.2, -0.15) is 8.78 Å². The summed E-state index contributed by atoms with van der Waals surface area (Å²) in [6.07, 6.45) is 5.37. The van der Waals surface area contributed by atoms with Crippen LogP contribution in [0.25, 0.3) is 0 Å². The van der Waals surface area contributed by atoms with Gasteiger partial charge in [0.15, 0.2) is 5.78 Å². The molecule has 42 heavy (non-hydrogen) atoms. The van der Waals surface area contributed by atoms with Gasteiger partial charge in [-0.05, 0) is 108 Å². The van der Waals surface area contributed by atoms with Crippen molar-refractivity contribution in [2.45, 2.75) is 127 Å². The third-order valence-electron chi connectivity index (χ3n) is 12.0. The summed E-state index contributed by atoms with van der Waals surface area (Å²) in [5, 5.41) is 22.7. The first-order valence-corrected chi connectivity index (χ1v) is 18.2. The Kier molecular flexibility index (Phi) is 7.98. The van der Waals surface area contributed by atoms with Crippen molar-refractivity contribution in [3.63, 3.8) is 0 Å². The van der Waals surface area contributed by atoms with Crippen molar-refractivity contribution in [3.05, 3.63) is 52.6 Å². The molecule has 2 fully saturated rings. The first-order chi connectivity index (χ1) is 19.6. The Hall–Kier alpha value is -2.23. The van der Waals surface area contributed by atoms with Crippen LogP contribution in [0.5, 0.6) is 5.75 Å². The first kappa shape index (κ1) is 31.2. The van der Waals surface area contributed by atoms with Crippen molar-refractivity contribution >= 4 is 13.9 Å². The molecule has 2 unspecified atom stereocenters. The third kappa shape index (κ3) is 4.56. The number of ketones is 1. The summed E-state index contributed by atoms with van der Waals surface area (Å²) < 4.78 is 33.4. The number of allylic oxidation sites excluding steroid dienone is 4. The molecule has 3 nitrogen and oxygen atoms in total. The standard InChI is InChI=1S/C36H48F2O3Si/c1-22(2)42(23(3)4,24(5)6)18-17-36(37,38)35(41)16-15-32-30-13-11-26-20-28(40)12-14-29(26)33(30)31(21-34(32,35)7)25-9-8-10-27(39)19-25/h8-10,19-20,22-24,30-32,39,41H,11-16,21H2,1-7H3/t30?,31-,32?,34+,35+/m1/s1. The molecule has 6 heteroatoms. The molecule has 0 aromatic heterocycles. The molecule has 0 bridgehead atoms. The summed E-state index contributed by atoms with van der Waals surface area (Å²) in [5.41, 5.74) is 4.99. The number of aromatic hydroxyl groups is 1. The SMILES string of the molecule is CC(C)[Si](C#CC(F)(F)[C@]1(O)CCC2C3CCC4=CC(=O)CCC4=C3[C@@H](c3cccc(O)c3)C[C@@]21C)(C(C)C)C(C)C. The van der Waals surface area contributed by atoms with Crippen LogP contribution in [0.2, 0.25) is 16.6 Å². The molecule has 1 aromatic rings. The van der Waals surface area contributed by atoms with E-state index in [9.17, 15) is 15.0 Å². The number of fused-ring (bicyclic) bond motifs is 4. The molecule has 0 heterocycles. The summed E-state index contributed by atoms with van der Waals surface area (Å²) in [7, 11) is -2.44. The van der Waals surface area contributed by atoms with Crippen molar-refractivity contribution in [1.82, 2.24) is 0 Å². The van der Waals surface area contributed by atoms with E-state index in [0.29, 0.717) is 25.7 Å². The Morgan fingerprint density at radius 1 is 1.02 bits per heavy atom. The lowest BCUT2D eigenvalue weighted by molar-refractivity contribution is -0.209. The van der Waals surface area contributed by atoms with Gasteiger partial charge in [0, 0.05) is 17.8 Å². The van der Waals surface area contributed by atoms with Crippen LogP contribution in [-0.4, -0.2) is 35.6 Å². The highest BCUT2D eigenvalue weighted by Gasteiger charge is 2.71. The normalized spacial score (nSPS) is 31.5. The van der Waals surface area contributed by atoms with Crippen LogP contribution in [-0.2, 0) is 4.79 Å². The average Bonchev–Trinajstić information content (AvgIpc) is 3.19. The summed E-state index contributed by atoms with van der Waals surface area (Å²) in [5.74, 6) is -1.04. The smallest absolute Gasteiger partial charge is 0.336 e. The largest absolute Gasteiger partial charge is 0.508 e. The first-order valence-electron chi connectivity index (χ1n) is 16.0. The molecule has 5 rings (SSSR count). The fraction of sp³-hybridized carbons (Fsp3) is 0.639. The summed E-state index contributed by atoms with van der Waals surface area (Å²) in [6, 6.07) is 7.13. The van der Waals surface area contributed by atoms with Gasteiger partial charge in [-0.25, -0.2) is 0 Å². The lowest BCUT2D eigenvalue weighted by Gasteiger charge is -2.55. The zero-order valence-corrected chi connectivity index (χ0v) is 27.4. The maximum atomic E-state index is 16.7. The van der Waals surface area contributed by atoms with E-state index in [2.05, 4.69) is 53.0 Å². The molecule has 0 amide bonds.